The maximum absolute atomic E-state index is 10.1. The highest BCUT2D eigenvalue weighted by atomic mass is 32.1. The van der Waals surface area contributed by atoms with E-state index in [9.17, 15) is 5.11 Å². The van der Waals surface area contributed by atoms with Crippen molar-refractivity contribution in [3.05, 3.63) is 0 Å². The fraction of sp³-hybridized carbons (Fsp3) is 1.00. The Kier molecular flexibility index (Phi) is 20.2. The molecule has 0 radical (unpaired) electrons. The molecule has 0 amide bonds. The minimum absolute atomic E-state index is 0.0988. The third kappa shape index (κ3) is 18.7. The van der Waals surface area contributed by atoms with Crippen molar-refractivity contribution in [1.82, 2.24) is 0 Å². The summed E-state index contributed by atoms with van der Waals surface area (Å²) < 4.78 is 40.8. The average molecular weight is 500 g/mol. The Balaban J connectivity index is 4.42. The molecule has 0 fully saturated rings. The topological polar surface area (TPSA) is 47.9 Å². The lowest BCUT2D eigenvalue weighted by atomic mass is 9.92. The second-order valence-electron chi connectivity index (χ2n) is 6.14. The Morgan fingerprint density at radius 1 is 0.704 bits per heavy atom. The summed E-state index contributed by atoms with van der Waals surface area (Å²) in [5.74, 6) is 0. The lowest BCUT2D eigenvalue weighted by Gasteiger charge is -2.31. The predicted octanol–water partition coefficient (Wildman–Crippen LogP) is 3.88. The first-order chi connectivity index (χ1) is 14.4. The molecule has 4 nitrogen and oxygen atoms in total. The van der Waals surface area contributed by atoms with E-state index >= 15 is 0 Å². The van der Waals surface area contributed by atoms with Gasteiger partial charge in [0.05, 0.1) is 35.7 Å². The van der Waals surface area contributed by atoms with Crippen LogP contribution in [0, 0.1) is 5.41 Å². The Morgan fingerprint density at radius 2 is 1.04 bits per heavy atom. The van der Waals surface area contributed by atoms with Crippen LogP contribution in [0.5, 0.6) is 0 Å². The molecule has 0 aliphatic heterocycles. The lowest BCUT2D eigenvalue weighted by molar-refractivity contribution is -0.0923. The first-order valence-electron chi connectivity index (χ1n) is 10.7. The minimum Gasteiger partial charge on any atom is -0.396 e. The van der Waals surface area contributed by atoms with Crippen molar-refractivity contribution in [2.24, 2.45) is 5.41 Å². The summed E-state index contributed by atoms with van der Waals surface area (Å²) in [6.45, 7) is 2.55. The molecule has 164 valence electrons. The van der Waals surface area contributed by atoms with E-state index in [1.54, 1.807) is 0 Å². The van der Waals surface area contributed by atoms with Gasteiger partial charge in [-0.05, 0) is 37.7 Å². The van der Waals surface area contributed by atoms with E-state index in [4.69, 9.17) is 18.0 Å². The lowest BCUT2D eigenvalue weighted by Crippen LogP contribution is -2.41. The zero-order valence-corrected chi connectivity index (χ0v) is 21.5. The van der Waals surface area contributed by atoms with Crippen molar-refractivity contribution >= 4 is 63.5 Å². The van der Waals surface area contributed by atoms with Gasteiger partial charge >= 0.3 is 0 Å². The second kappa shape index (κ2) is 22.9. The van der Waals surface area contributed by atoms with Gasteiger partial charge in [0.25, 0.3) is 0 Å². The first kappa shape index (κ1) is 23.8. The zero-order chi connectivity index (χ0) is 22.7. The van der Waals surface area contributed by atoms with Crippen LogP contribution in [0.25, 0.3) is 0 Å². The maximum atomic E-state index is 10.1. The van der Waals surface area contributed by atoms with Gasteiger partial charge in [-0.25, -0.2) is 0 Å². The van der Waals surface area contributed by atoms with Gasteiger partial charge < -0.3 is 19.3 Å². The highest BCUT2D eigenvalue weighted by molar-refractivity contribution is 7.86. The molecule has 0 saturated carbocycles. The van der Waals surface area contributed by atoms with Gasteiger partial charge in [-0.15, -0.1) is 25.6 Å². The third-order valence-electron chi connectivity index (χ3n) is 3.67. The van der Waals surface area contributed by atoms with Crippen LogP contribution in [0.15, 0.2) is 0 Å². The number of thiol groups is 3. The van der Waals surface area contributed by atoms with E-state index in [0.717, 1.165) is 37.7 Å². The summed E-state index contributed by atoms with van der Waals surface area (Å²) in [5, 5.41) is 10.1. The molecule has 0 aromatic heterocycles. The molecule has 0 aliphatic carbocycles. The van der Waals surface area contributed by atoms with Crippen molar-refractivity contribution in [3.63, 3.8) is 0 Å². The van der Waals surface area contributed by atoms with Crippen LogP contribution < -0.4 is 0 Å². The molecule has 0 rings (SSSR count). The molecule has 0 aliphatic rings. The van der Waals surface area contributed by atoms with Gasteiger partial charge in [0, 0.05) is 36.3 Å². The van der Waals surface area contributed by atoms with E-state index in [-0.39, 0.29) is 6.61 Å². The summed E-state index contributed by atoms with van der Waals surface area (Å²) >= 11 is 12.5. The standard InChI is InChI=1S/C17H39O4P3S3/c18-10-17(11-19-4-1-7-22-14-25,12-20-5-2-8-23-15-26)13-21-6-3-9-24-16-27/h18,22-27H,1-16H2/i22D,23D,24D. The molecule has 0 spiro atoms. The van der Waals surface area contributed by atoms with Crippen molar-refractivity contribution < 1.29 is 19.3 Å². The second-order valence-corrected chi connectivity index (χ2v) is 12.2. The molecule has 27 heavy (non-hydrogen) atoms. The fourth-order valence-corrected chi connectivity index (χ4v) is 4.93. The van der Waals surface area contributed by atoms with Crippen molar-refractivity contribution in [2.45, 2.75) is 19.3 Å². The summed E-state index contributed by atoms with van der Waals surface area (Å²) in [6.07, 6.45) is 4.85. The van der Waals surface area contributed by atoms with Crippen LogP contribution in [0.4, 0.5) is 0 Å². The monoisotopic (exact) mass is 499 g/mol. The SMILES string of the molecule is [2H]P(CS)CCCOCC(CO)(COCCCP([2H])CS)COCCCP([2H])CS. The summed E-state index contributed by atoms with van der Waals surface area (Å²) in [5.41, 5.74) is 1.21. The Hall–Kier alpha value is 2.18. The number of hydrogen-bond acceptors (Lipinski definition) is 7. The van der Waals surface area contributed by atoms with Crippen LogP contribution in [0.1, 0.15) is 19.3 Å². The van der Waals surface area contributed by atoms with Gasteiger partial charge in [0.2, 0.25) is 0 Å². The van der Waals surface area contributed by atoms with Crippen LogP contribution in [-0.2, 0) is 14.2 Å². The predicted molar refractivity (Wildman–Crippen MR) is 137 cm³/mol. The number of aliphatic hydroxyl groups is 1. The normalized spacial score (nSPS) is 18.9. The summed E-state index contributed by atoms with van der Waals surface area (Å²) in [4.78, 5) is 0. The van der Waals surface area contributed by atoms with Crippen LogP contribution >= 0.6 is 63.5 Å². The summed E-state index contributed by atoms with van der Waals surface area (Å²) in [7, 11) is -2.31. The largest absolute Gasteiger partial charge is 0.396 e. The summed E-state index contributed by atoms with van der Waals surface area (Å²) in [6, 6.07) is 0. The van der Waals surface area contributed by atoms with Crippen LogP contribution in [0.2, 0.25) is 0 Å². The molecule has 3 unspecified atom stereocenters. The average Bonchev–Trinajstić information content (AvgIpc) is 2.76. The molecule has 0 heterocycles. The van der Waals surface area contributed by atoms with Gasteiger partial charge in [-0.2, -0.15) is 37.9 Å². The van der Waals surface area contributed by atoms with Gasteiger partial charge in [-0.1, -0.05) is 0 Å². The van der Waals surface area contributed by atoms with E-state index in [1.807, 2.05) is 0 Å². The Labute approximate surface area is 192 Å². The van der Waals surface area contributed by atoms with Crippen molar-refractivity contribution in [1.29, 1.82) is 3.84 Å². The van der Waals surface area contributed by atoms with Gasteiger partial charge in [0.15, 0.2) is 0 Å². The minimum atomic E-state index is -0.771. The molecule has 0 saturated heterocycles. The maximum Gasteiger partial charge on any atom is 0.0635 e. The molecule has 10 heteroatoms. The number of rotatable bonds is 22. The highest BCUT2D eigenvalue weighted by Gasteiger charge is 2.31. The smallest absolute Gasteiger partial charge is 0.0635 e. The molecule has 0 aromatic rings. The van der Waals surface area contributed by atoms with Crippen LogP contribution in [0.3, 0.4) is 0 Å². The number of hydrogen-bond donors (Lipinski definition) is 4. The van der Waals surface area contributed by atoms with Gasteiger partial charge in [0.1, 0.15) is 0 Å². The van der Waals surface area contributed by atoms with E-state index in [1.165, 1.54) is 0 Å². The quantitative estimate of drug-likeness (QED) is 0.104. The molecule has 3 atom stereocenters. The Bertz CT molecular complexity index is 349. The van der Waals surface area contributed by atoms with E-state index < -0.39 is 31.0 Å². The number of ether oxygens (including phenoxy) is 3. The van der Waals surface area contributed by atoms with Crippen molar-refractivity contribution in [3.8, 4) is 0 Å². The highest BCUT2D eigenvalue weighted by Crippen LogP contribution is 2.21. The van der Waals surface area contributed by atoms with E-state index in [2.05, 4.69) is 37.9 Å². The molecule has 0 aromatic carbocycles. The molecular formula is C17H39O4P3S3. The van der Waals surface area contributed by atoms with Crippen LogP contribution in [-0.4, -0.2) is 90.2 Å². The van der Waals surface area contributed by atoms with Gasteiger partial charge in [-0.3, -0.25) is 0 Å². The molecule has 0 bridgehead atoms. The first-order valence-corrected chi connectivity index (χ1v) is 15.0. The van der Waals surface area contributed by atoms with E-state index in [0.29, 0.717) is 56.1 Å². The third-order valence-corrected chi connectivity index (χ3v) is 7.97. The molecular weight excluding hydrogens is 457 g/mol. The Morgan fingerprint density at radius 3 is 1.30 bits per heavy atom. The molecule has 1 N–H and O–H groups in total. The zero-order valence-electron chi connectivity index (χ0n) is 19.2. The van der Waals surface area contributed by atoms with Crippen molar-refractivity contribution in [2.75, 3.05) is 81.2 Å². The fourth-order valence-electron chi connectivity index (χ4n) is 2.18. The number of aliphatic hydroxyl groups excluding tert-OH is 1.